The minimum Gasteiger partial charge on any atom is -0.466 e. The van der Waals surface area contributed by atoms with Gasteiger partial charge in [-0.1, -0.05) is 18.2 Å². The second kappa shape index (κ2) is 7.37. The Morgan fingerprint density at radius 2 is 1.93 bits per heavy atom. The molecule has 28 heavy (non-hydrogen) atoms. The van der Waals surface area contributed by atoms with E-state index in [0.29, 0.717) is 31.0 Å². The van der Waals surface area contributed by atoms with Crippen molar-refractivity contribution in [1.82, 2.24) is 0 Å². The second-order valence-corrected chi connectivity index (χ2v) is 7.47. The zero-order chi connectivity index (χ0) is 19.6. The number of pyridine rings is 1. The lowest BCUT2D eigenvalue weighted by Crippen LogP contribution is -2.35. The number of aromatic amines is 1. The first-order chi connectivity index (χ1) is 13.6. The van der Waals surface area contributed by atoms with Gasteiger partial charge in [-0.25, -0.2) is 4.98 Å². The average Bonchev–Trinajstić information content (AvgIpc) is 3.20. The summed E-state index contributed by atoms with van der Waals surface area (Å²) in [5.41, 5.74) is 3.22. The number of rotatable bonds is 5. The minimum atomic E-state index is -0.317. The zero-order valence-corrected chi connectivity index (χ0v) is 16.0. The standard InChI is InChI=1S/C22H22N4O2/c1-22(2)11-17-18(12-23)21(25-15-7-4-3-5-8-15)26-20(19(17)14-28-22)24-13-16-9-6-10-27-16/h3-10H,11,13-14H2,1-2H3,(H2,24,25,26)/p+1. The summed E-state index contributed by atoms with van der Waals surface area (Å²) in [5, 5.41) is 16.7. The van der Waals surface area contributed by atoms with Gasteiger partial charge in [0.05, 0.1) is 29.7 Å². The maximum absolute atomic E-state index is 9.91. The Bertz CT molecular complexity index is 1010. The Morgan fingerprint density at radius 3 is 2.64 bits per heavy atom. The highest BCUT2D eigenvalue weighted by atomic mass is 16.5. The van der Waals surface area contributed by atoms with Crippen molar-refractivity contribution in [3.63, 3.8) is 0 Å². The van der Waals surface area contributed by atoms with Crippen molar-refractivity contribution in [2.24, 2.45) is 0 Å². The molecule has 6 nitrogen and oxygen atoms in total. The van der Waals surface area contributed by atoms with E-state index < -0.39 is 0 Å². The Labute approximate surface area is 164 Å². The maximum atomic E-state index is 9.91. The molecule has 6 heteroatoms. The number of H-pyrrole nitrogens is 1. The molecule has 0 spiro atoms. The van der Waals surface area contributed by atoms with Crippen molar-refractivity contribution >= 4 is 17.3 Å². The predicted octanol–water partition coefficient (Wildman–Crippen LogP) is 4.17. The van der Waals surface area contributed by atoms with Crippen LogP contribution in [0.1, 0.15) is 36.3 Å². The summed E-state index contributed by atoms with van der Waals surface area (Å²) in [6, 6.07) is 16.0. The molecule has 1 aliphatic rings. The molecule has 3 N–H and O–H groups in total. The smallest absolute Gasteiger partial charge is 0.242 e. The topological polar surface area (TPSA) is 84.4 Å². The third kappa shape index (κ3) is 3.71. The molecule has 2 aromatic heterocycles. The van der Waals surface area contributed by atoms with Crippen molar-refractivity contribution in [3.8, 4) is 6.07 Å². The van der Waals surface area contributed by atoms with Crippen molar-refractivity contribution in [1.29, 1.82) is 5.26 Å². The van der Waals surface area contributed by atoms with Gasteiger partial charge in [-0.05, 0) is 43.7 Å². The molecular weight excluding hydrogens is 352 g/mol. The Hall–Kier alpha value is -3.30. The number of hydrogen-bond donors (Lipinski definition) is 2. The van der Waals surface area contributed by atoms with Gasteiger partial charge in [0.25, 0.3) is 0 Å². The maximum Gasteiger partial charge on any atom is 0.242 e. The third-order valence-corrected chi connectivity index (χ3v) is 4.85. The molecule has 1 aliphatic heterocycles. The lowest BCUT2D eigenvalue weighted by atomic mass is 9.89. The number of nitrogens with one attached hydrogen (secondary N) is 3. The quantitative estimate of drug-likeness (QED) is 0.699. The molecule has 4 rings (SSSR count). The predicted molar refractivity (Wildman–Crippen MR) is 106 cm³/mol. The van der Waals surface area contributed by atoms with Crippen LogP contribution in [0.25, 0.3) is 0 Å². The molecular formula is C22H23N4O2+. The van der Waals surface area contributed by atoms with E-state index in [2.05, 4.69) is 21.7 Å². The van der Waals surface area contributed by atoms with Gasteiger partial charge in [-0.2, -0.15) is 5.26 Å². The molecule has 0 aliphatic carbocycles. The number of fused-ring (bicyclic) bond motifs is 1. The highest BCUT2D eigenvalue weighted by Crippen LogP contribution is 2.35. The SMILES string of the molecule is CC1(C)Cc2c(C#N)c(Nc3ccccc3)[nH+]c(NCc3ccco3)c2CO1. The van der Waals surface area contributed by atoms with Crippen molar-refractivity contribution in [3.05, 3.63) is 71.2 Å². The van der Waals surface area contributed by atoms with Crippen LogP contribution in [0, 0.1) is 11.3 Å². The van der Waals surface area contributed by atoms with Gasteiger partial charge in [0.15, 0.2) is 0 Å². The summed E-state index contributed by atoms with van der Waals surface area (Å²) < 4.78 is 11.4. The van der Waals surface area contributed by atoms with Gasteiger partial charge in [-0.3, -0.25) is 10.6 Å². The van der Waals surface area contributed by atoms with Gasteiger partial charge < -0.3 is 9.15 Å². The van der Waals surface area contributed by atoms with E-state index in [0.717, 1.165) is 28.4 Å². The van der Waals surface area contributed by atoms with Crippen molar-refractivity contribution in [2.45, 2.75) is 39.0 Å². The molecule has 3 heterocycles. The summed E-state index contributed by atoms with van der Waals surface area (Å²) in [6.45, 7) is 5.08. The summed E-state index contributed by atoms with van der Waals surface area (Å²) in [6.07, 6.45) is 2.32. The number of para-hydroxylation sites is 1. The van der Waals surface area contributed by atoms with Crippen LogP contribution in [0.5, 0.6) is 0 Å². The number of ether oxygens (including phenoxy) is 1. The number of anilines is 3. The van der Waals surface area contributed by atoms with Gasteiger partial charge in [0.1, 0.15) is 23.9 Å². The first-order valence-electron chi connectivity index (χ1n) is 9.29. The lowest BCUT2D eigenvalue weighted by Gasteiger charge is -2.32. The van der Waals surface area contributed by atoms with Crippen LogP contribution in [-0.2, 0) is 24.3 Å². The van der Waals surface area contributed by atoms with E-state index >= 15 is 0 Å². The molecule has 0 unspecified atom stereocenters. The van der Waals surface area contributed by atoms with Crippen molar-refractivity contribution < 1.29 is 14.1 Å². The number of hydrogen-bond acceptors (Lipinski definition) is 5. The van der Waals surface area contributed by atoms with Gasteiger partial charge in [0.2, 0.25) is 11.6 Å². The fourth-order valence-corrected chi connectivity index (χ4v) is 3.44. The molecule has 3 aromatic rings. The van der Waals surface area contributed by atoms with Crippen LogP contribution in [-0.4, -0.2) is 5.60 Å². The van der Waals surface area contributed by atoms with E-state index in [9.17, 15) is 5.26 Å². The normalized spacial score (nSPS) is 14.8. The summed E-state index contributed by atoms with van der Waals surface area (Å²) >= 11 is 0. The summed E-state index contributed by atoms with van der Waals surface area (Å²) in [5.74, 6) is 2.34. The number of aromatic nitrogens is 1. The summed E-state index contributed by atoms with van der Waals surface area (Å²) in [4.78, 5) is 3.36. The number of nitriles is 1. The van der Waals surface area contributed by atoms with E-state index in [1.165, 1.54) is 0 Å². The fraction of sp³-hybridized carbons (Fsp3) is 0.273. The average molecular weight is 375 g/mol. The lowest BCUT2D eigenvalue weighted by molar-refractivity contribution is -0.345. The molecule has 0 saturated carbocycles. The molecule has 0 atom stereocenters. The van der Waals surface area contributed by atoms with Gasteiger partial charge in [0, 0.05) is 6.42 Å². The molecule has 1 aromatic carbocycles. The first kappa shape index (κ1) is 18.1. The molecule has 0 saturated heterocycles. The fourth-order valence-electron chi connectivity index (χ4n) is 3.44. The van der Waals surface area contributed by atoms with E-state index in [-0.39, 0.29) is 5.60 Å². The van der Waals surface area contributed by atoms with Crippen LogP contribution in [0.4, 0.5) is 17.3 Å². The third-order valence-electron chi connectivity index (χ3n) is 4.85. The largest absolute Gasteiger partial charge is 0.466 e. The summed E-state index contributed by atoms with van der Waals surface area (Å²) in [7, 11) is 0. The molecule has 0 radical (unpaired) electrons. The van der Waals surface area contributed by atoms with Gasteiger partial charge in [-0.15, -0.1) is 0 Å². The number of nitrogens with zero attached hydrogens (tertiary/aromatic N) is 1. The highest BCUT2D eigenvalue weighted by molar-refractivity contribution is 5.66. The van der Waals surface area contributed by atoms with Crippen LogP contribution in [0.3, 0.4) is 0 Å². The second-order valence-electron chi connectivity index (χ2n) is 7.47. The number of benzene rings is 1. The number of furan rings is 1. The molecule has 0 fully saturated rings. The molecule has 0 bridgehead atoms. The minimum absolute atomic E-state index is 0.317. The first-order valence-corrected chi connectivity index (χ1v) is 9.29. The Morgan fingerprint density at radius 1 is 1.11 bits per heavy atom. The van der Waals surface area contributed by atoms with Crippen LogP contribution < -0.4 is 15.6 Å². The van der Waals surface area contributed by atoms with E-state index in [1.54, 1.807) is 6.26 Å². The monoisotopic (exact) mass is 375 g/mol. The van der Waals surface area contributed by atoms with E-state index in [1.807, 2.05) is 56.3 Å². The van der Waals surface area contributed by atoms with Crippen LogP contribution in [0.15, 0.2) is 53.1 Å². The van der Waals surface area contributed by atoms with E-state index in [4.69, 9.17) is 9.15 Å². The van der Waals surface area contributed by atoms with Crippen LogP contribution >= 0.6 is 0 Å². The van der Waals surface area contributed by atoms with Crippen LogP contribution in [0.2, 0.25) is 0 Å². The molecule has 142 valence electrons. The Kier molecular flexibility index (Phi) is 4.76. The highest BCUT2D eigenvalue weighted by Gasteiger charge is 2.33. The van der Waals surface area contributed by atoms with Crippen molar-refractivity contribution in [2.75, 3.05) is 10.6 Å². The molecule has 0 amide bonds. The zero-order valence-electron chi connectivity index (χ0n) is 16.0. The Balaban J connectivity index is 1.76. The van der Waals surface area contributed by atoms with Gasteiger partial charge >= 0.3 is 0 Å².